The summed E-state index contributed by atoms with van der Waals surface area (Å²) in [6.45, 7) is 10.9. The number of aliphatic hydroxyl groups excluding tert-OH is 1. The summed E-state index contributed by atoms with van der Waals surface area (Å²) in [6.07, 6.45) is -0.313. The molecule has 1 atom stereocenters. The molecular weight excluding hydrogens is 224 g/mol. The zero-order valence-corrected chi connectivity index (χ0v) is 11.8. The lowest BCUT2D eigenvalue weighted by Gasteiger charge is -2.40. The molecule has 0 bridgehead atoms. The fourth-order valence-electron chi connectivity index (χ4n) is 2.70. The Balaban J connectivity index is 2.38. The van der Waals surface area contributed by atoms with Gasteiger partial charge in [0.15, 0.2) is 0 Å². The zero-order valence-electron chi connectivity index (χ0n) is 11.8. The van der Waals surface area contributed by atoms with Gasteiger partial charge in [0.2, 0.25) is 0 Å². The number of anilines is 1. The first kappa shape index (κ1) is 13.4. The molecule has 3 nitrogen and oxygen atoms in total. The lowest BCUT2D eigenvalue weighted by Crippen LogP contribution is -2.49. The molecule has 0 aromatic heterocycles. The molecule has 0 amide bonds. The van der Waals surface area contributed by atoms with Crippen LogP contribution >= 0.6 is 0 Å². The van der Waals surface area contributed by atoms with E-state index in [1.165, 1.54) is 16.8 Å². The van der Waals surface area contributed by atoms with Crippen molar-refractivity contribution in [3.63, 3.8) is 0 Å². The molecule has 1 aliphatic rings. The van der Waals surface area contributed by atoms with E-state index in [0.29, 0.717) is 13.1 Å². The van der Waals surface area contributed by atoms with E-state index in [1.54, 1.807) is 0 Å². The average Bonchev–Trinajstić information content (AvgIpc) is 2.38. The Kier molecular flexibility index (Phi) is 3.64. The van der Waals surface area contributed by atoms with Crippen molar-refractivity contribution >= 4 is 5.69 Å². The van der Waals surface area contributed by atoms with Gasteiger partial charge in [0.25, 0.3) is 0 Å². The van der Waals surface area contributed by atoms with E-state index >= 15 is 0 Å². The molecule has 0 radical (unpaired) electrons. The fraction of sp³-hybridized carbons (Fsp3) is 0.600. The van der Waals surface area contributed by atoms with Gasteiger partial charge in [0.05, 0.1) is 6.10 Å². The van der Waals surface area contributed by atoms with Crippen LogP contribution in [-0.2, 0) is 0 Å². The number of aliphatic hydroxyl groups is 1. The maximum atomic E-state index is 9.99. The predicted molar refractivity (Wildman–Crippen MR) is 76.2 cm³/mol. The number of benzene rings is 1. The van der Waals surface area contributed by atoms with Crippen molar-refractivity contribution in [2.24, 2.45) is 0 Å². The molecule has 1 unspecified atom stereocenters. The summed E-state index contributed by atoms with van der Waals surface area (Å²) in [4.78, 5) is 2.33. The van der Waals surface area contributed by atoms with E-state index in [4.69, 9.17) is 0 Å². The summed E-state index contributed by atoms with van der Waals surface area (Å²) in [6, 6.07) is 6.52. The first-order valence-corrected chi connectivity index (χ1v) is 6.64. The minimum atomic E-state index is -0.313. The molecule has 2 N–H and O–H groups in total. The Morgan fingerprint density at radius 1 is 1.33 bits per heavy atom. The first-order valence-electron chi connectivity index (χ1n) is 6.64. The third-order valence-corrected chi connectivity index (χ3v) is 3.70. The molecule has 100 valence electrons. The number of hydrogen-bond acceptors (Lipinski definition) is 3. The molecule has 0 saturated carbocycles. The van der Waals surface area contributed by atoms with Gasteiger partial charge in [-0.15, -0.1) is 0 Å². The Bertz CT molecular complexity index is 429. The summed E-state index contributed by atoms with van der Waals surface area (Å²) >= 11 is 0. The average molecular weight is 248 g/mol. The third-order valence-electron chi connectivity index (χ3n) is 3.70. The van der Waals surface area contributed by atoms with Crippen molar-refractivity contribution in [1.82, 2.24) is 5.32 Å². The fourth-order valence-corrected chi connectivity index (χ4v) is 2.70. The second kappa shape index (κ2) is 4.90. The van der Waals surface area contributed by atoms with Crippen LogP contribution < -0.4 is 10.2 Å². The normalized spacial score (nSPS) is 23.8. The topological polar surface area (TPSA) is 35.5 Å². The molecule has 0 spiro atoms. The van der Waals surface area contributed by atoms with E-state index in [0.717, 1.165) is 6.54 Å². The highest BCUT2D eigenvalue weighted by molar-refractivity contribution is 5.56. The van der Waals surface area contributed by atoms with E-state index in [-0.39, 0.29) is 11.6 Å². The summed E-state index contributed by atoms with van der Waals surface area (Å²) in [5.41, 5.74) is 3.80. The van der Waals surface area contributed by atoms with Crippen LogP contribution in [0.2, 0.25) is 0 Å². The molecule has 3 heteroatoms. The Morgan fingerprint density at radius 3 is 2.72 bits per heavy atom. The summed E-state index contributed by atoms with van der Waals surface area (Å²) in [5, 5.41) is 13.3. The highest BCUT2D eigenvalue weighted by Gasteiger charge is 2.31. The molecule has 1 aliphatic heterocycles. The van der Waals surface area contributed by atoms with Crippen LogP contribution in [0, 0.1) is 13.8 Å². The Labute approximate surface area is 110 Å². The largest absolute Gasteiger partial charge is 0.390 e. The van der Waals surface area contributed by atoms with Crippen molar-refractivity contribution in [2.75, 3.05) is 24.5 Å². The van der Waals surface area contributed by atoms with Gasteiger partial charge >= 0.3 is 0 Å². The van der Waals surface area contributed by atoms with Crippen LogP contribution in [0.5, 0.6) is 0 Å². The van der Waals surface area contributed by atoms with Gasteiger partial charge in [0.1, 0.15) is 0 Å². The van der Waals surface area contributed by atoms with Crippen LogP contribution in [0.1, 0.15) is 25.0 Å². The van der Waals surface area contributed by atoms with Crippen LogP contribution in [0.4, 0.5) is 5.69 Å². The van der Waals surface area contributed by atoms with Crippen LogP contribution in [0.3, 0.4) is 0 Å². The first-order chi connectivity index (χ1) is 8.40. The van der Waals surface area contributed by atoms with Crippen molar-refractivity contribution in [2.45, 2.75) is 39.3 Å². The number of β-amino-alcohol motifs (C(OH)–C–C–N with tert-alkyl or cyclic N) is 1. The van der Waals surface area contributed by atoms with Crippen LogP contribution in [0.15, 0.2) is 18.2 Å². The molecule has 18 heavy (non-hydrogen) atoms. The lowest BCUT2D eigenvalue weighted by molar-refractivity contribution is 0.183. The number of rotatable bonds is 1. The maximum absolute atomic E-state index is 9.99. The van der Waals surface area contributed by atoms with Crippen molar-refractivity contribution in [3.8, 4) is 0 Å². The molecule has 1 heterocycles. The zero-order chi connectivity index (χ0) is 13.3. The standard InChI is InChI=1S/C15H24N2O/c1-11-5-6-14(12(2)7-11)17-9-13(18)8-16-10-15(17,3)4/h5-7,13,16,18H,8-10H2,1-4H3. The highest BCUT2D eigenvalue weighted by Crippen LogP contribution is 2.29. The molecule has 0 aliphatic carbocycles. The number of nitrogens with zero attached hydrogens (tertiary/aromatic N) is 1. The maximum Gasteiger partial charge on any atom is 0.0839 e. The van der Waals surface area contributed by atoms with Gasteiger partial charge in [-0.05, 0) is 39.3 Å². The summed E-state index contributed by atoms with van der Waals surface area (Å²) < 4.78 is 0. The SMILES string of the molecule is Cc1ccc(N2CC(O)CNCC2(C)C)c(C)c1. The molecule has 2 rings (SSSR count). The van der Waals surface area contributed by atoms with E-state index in [1.807, 2.05) is 0 Å². The Morgan fingerprint density at radius 2 is 2.06 bits per heavy atom. The van der Waals surface area contributed by atoms with Crippen LogP contribution in [-0.4, -0.2) is 36.4 Å². The highest BCUT2D eigenvalue weighted by atomic mass is 16.3. The third kappa shape index (κ3) is 2.68. The van der Waals surface area contributed by atoms with Gasteiger partial charge in [-0.25, -0.2) is 0 Å². The number of aryl methyl sites for hydroxylation is 2. The van der Waals surface area contributed by atoms with Crippen molar-refractivity contribution < 1.29 is 5.11 Å². The van der Waals surface area contributed by atoms with Crippen LogP contribution in [0.25, 0.3) is 0 Å². The van der Waals surface area contributed by atoms with Gasteiger partial charge in [-0.1, -0.05) is 17.7 Å². The van der Waals surface area contributed by atoms with E-state index in [2.05, 4.69) is 56.1 Å². The smallest absolute Gasteiger partial charge is 0.0839 e. The molecule has 1 aromatic rings. The Hall–Kier alpha value is -1.06. The quantitative estimate of drug-likeness (QED) is 0.796. The lowest BCUT2D eigenvalue weighted by atomic mass is 9.99. The molecule has 1 fully saturated rings. The van der Waals surface area contributed by atoms with Gasteiger partial charge in [-0.2, -0.15) is 0 Å². The number of nitrogens with one attached hydrogen (secondary N) is 1. The van der Waals surface area contributed by atoms with E-state index < -0.39 is 0 Å². The minimum Gasteiger partial charge on any atom is -0.390 e. The monoisotopic (exact) mass is 248 g/mol. The second-order valence-corrected chi connectivity index (χ2v) is 6.00. The van der Waals surface area contributed by atoms with Gasteiger partial charge < -0.3 is 15.3 Å². The molecule has 1 saturated heterocycles. The van der Waals surface area contributed by atoms with Gasteiger partial charge in [-0.3, -0.25) is 0 Å². The van der Waals surface area contributed by atoms with E-state index in [9.17, 15) is 5.11 Å². The van der Waals surface area contributed by atoms with Crippen molar-refractivity contribution in [3.05, 3.63) is 29.3 Å². The minimum absolute atomic E-state index is 0.0114. The number of hydrogen-bond donors (Lipinski definition) is 2. The molecule has 1 aromatic carbocycles. The van der Waals surface area contributed by atoms with Crippen molar-refractivity contribution in [1.29, 1.82) is 0 Å². The second-order valence-electron chi connectivity index (χ2n) is 6.00. The summed E-state index contributed by atoms with van der Waals surface area (Å²) in [7, 11) is 0. The predicted octanol–water partition coefficient (Wildman–Crippen LogP) is 1.85. The van der Waals surface area contributed by atoms with Gasteiger partial charge in [0, 0.05) is 30.9 Å². The molecular formula is C15H24N2O. The summed E-state index contributed by atoms with van der Waals surface area (Å²) in [5.74, 6) is 0.